The van der Waals surface area contributed by atoms with Crippen molar-refractivity contribution in [1.82, 2.24) is 4.90 Å². The molecule has 1 saturated heterocycles. The van der Waals surface area contributed by atoms with Crippen LogP contribution in [0.4, 0.5) is 0 Å². The van der Waals surface area contributed by atoms with Gasteiger partial charge in [0.25, 0.3) is 5.91 Å². The molecule has 24 heavy (non-hydrogen) atoms. The monoisotopic (exact) mass is 330 g/mol. The van der Waals surface area contributed by atoms with Crippen molar-refractivity contribution in [1.29, 1.82) is 0 Å². The van der Waals surface area contributed by atoms with Crippen molar-refractivity contribution >= 4 is 22.8 Å². The fourth-order valence-corrected chi connectivity index (χ4v) is 2.91. The molecule has 3 rings (SSSR count). The second-order valence-corrected chi connectivity index (χ2v) is 5.82. The Balaban J connectivity index is 1.86. The first-order chi connectivity index (χ1) is 11.5. The predicted molar refractivity (Wildman–Crippen MR) is 86.9 cm³/mol. The van der Waals surface area contributed by atoms with Crippen molar-refractivity contribution in [2.24, 2.45) is 11.7 Å². The number of amides is 2. The smallest absolute Gasteiger partial charge is 0.349 e. The third-order valence-electron chi connectivity index (χ3n) is 4.36. The van der Waals surface area contributed by atoms with Crippen molar-refractivity contribution in [3.63, 3.8) is 0 Å². The Kier molecular flexibility index (Phi) is 4.24. The van der Waals surface area contributed by atoms with Gasteiger partial charge >= 0.3 is 5.63 Å². The van der Waals surface area contributed by atoms with Gasteiger partial charge in [-0.1, -0.05) is 0 Å². The first kappa shape index (κ1) is 16.0. The van der Waals surface area contributed by atoms with Crippen molar-refractivity contribution in [2.75, 3.05) is 20.2 Å². The molecule has 7 nitrogen and oxygen atoms in total. The van der Waals surface area contributed by atoms with Gasteiger partial charge in [0, 0.05) is 30.5 Å². The Hall–Kier alpha value is -2.83. The molecule has 1 aliphatic rings. The molecule has 2 amide bonds. The minimum absolute atomic E-state index is 0.00908. The summed E-state index contributed by atoms with van der Waals surface area (Å²) in [4.78, 5) is 37.5. The van der Waals surface area contributed by atoms with E-state index in [1.165, 1.54) is 13.2 Å². The van der Waals surface area contributed by atoms with E-state index < -0.39 is 5.63 Å². The highest BCUT2D eigenvalue weighted by molar-refractivity contribution is 5.97. The Morgan fingerprint density at radius 3 is 2.58 bits per heavy atom. The number of likely N-dealkylation sites (tertiary alicyclic amines) is 1. The molecule has 0 atom stereocenters. The van der Waals surface area contributed by atoms with Gasteiger partial charge < -0.3 is 19.8 Å². The number of fused-ring (bicyclic) bond motifs is 1. The molecule has 2 aromatic rings. The molecule has 1 aromatic heterocycles. The summed E-state index contributed by atoms with van der Waals surface area (Å²) < 4.78 is 10.3. The lowest BCUT2D eigenvalue weighted by Gasteiger charge is -2.30. The van der Waals surface area contributed by atoms with Gasteiger partial charge in [-0.25, -0.2) is 4.79 Å². The number of rotatable bonds is 3. The minimum atomic E-state index is -0.683. The normalized spacial score (nSPS) is 15.5. The molecule has 0 unspecified atom stereocenters. The zero-order valence-corrected chi connectivity index (χ0v) is 13.3. The summed E-state index contributed by atoms with van der Waals surface area (Å²) in [5, 5.41) is 0.644. The molecule has 2 N–H and O–H groups in total. The molecule has 126 valence electrons. The van der Waals surface area contributed by atoms with Crippen LogP contribution in [0.3, 0.4) is 0 Å². The molecule has 0 spiro atoms. The standard InChI is InChI=1S/C17H18N2O5/c1-23-12-3-2-11-8-13(17(22)24-14(11)9-12)16(21)19-6-4-10(5-7-19)15(18)20/h2-3,8-10H,4-7H2,1H3,(H2,18,20). The molecule has 7 heteroatoms. The third kappa shape index (κ3) is 2.97. The number of carbonyl (C=O) groups excluding carboxylic acids is 2. The number of methoxy groups -OCH3 is 1. The topological polar surface area (TPSA) is 103 Å². The van der Waals surface area contributed by atoms with E-state index >= 15 is 0 Å². The van der Waals surface area contributed by atoms with Crippen LogP contribution in [0.25, 0.3) is 11.0 Å². The second-order valence-electron chi connectivity index (χ2n) is 5.82. The quantitative estimate of drug-likeness (QED) is 0.850. The van der Waals surface area contributed by atoms with E-state index in [0.717, 1.165) is 0 Å². The predicted octanol–water partition coefficient (Wildman–Crippen LogP) is 1.14. The van der Waals surface area contributed by atoms with Crippen LogP contribution >= 0.6 is 0 Å². The number of nitrogens with two attached hydrogens (primary N) is 1. The summed E-state index contributed by atoms with van der Waals surface area (Å²) in [6, 6.07) is 6.59. The zero-order valence-electron chi connectivity index (χ0n) is 13.3. The molecule has 1 aromatic carbocycles. The Morgan fingerprint density at radius 1 is 1.25 bits per heavy atom. The highest BCUT2D eigenvalue weighted by Crippen LogP contribution is 2.22. The third-order valence-corrected chi connectivity index (χ3v) is 4.36. The van der Waals surface area contributed by atoms with Crippen LogP contribution in [0.5, 0.6) is 5.75 Å². The average Bonchev–Trinajstić information content (AvgIpc) is 2.60. The zero-order chi connectivity index (χ0) is 17.3. The average molecular weight is 330 g/mol. The number of nitrogens with zero attached hydrogens (tertiary/aromatic N) is 1. The number of carbonyl (C=O) groups is 2. The van der Waals surface area contributed by atoms with Crippen LogP contribution < -0.4 is 16.1 Å². The summed E-state index contributed by atoms with van der Waals surface area (Å²) in [5.74, 6) is -0.376. The molecule has 0 bridgehead atoms. The van der Waals surface area contributed by atoms with E-state index in [2.05, 4.69) is 0 Å². The van der Waals surface area contributed by atoms with Crippen LogP contribution in [0.2, 0.25) is 0 Å². The second kappa shape index (κ2) is 6.35. The number of benzene rings is 1. The van der Waals surface area contributed by atoms with E-state index in [4.69, 9.17) is 14.9 Å². The Morgan fingerprint density at radius 2 is 1.96 bits per heavy atom. The van der Waals surface area contributed by atoms with E-state index in [-0.39, 0.29) is 23.3 Å². The SMILES string of the molecule is COc1ccc2cc(C(=O)N3CCC(C(N)=O)CC3)c(=O)oc2c1. The summed E-state index contributed by atoms with van der Waals surface area (Å²) in [6.45, 7) is 0.791. The van der Waals surface area contributed by atoms with Crippen LogP contribution in [-0.2, 0) is 4.79 Å². The summed E-state index contributed by atoms with van der Waals surface area (Å²) in [5.41, 5.74) is 4.96. The highest BCUT2D eigenvalue weighted by Gasteiger charge is 2.28. The van der Waals surface area contributed by atoms with Gasteiger partial charge in [-0.2, -0.15) is 0 Å². The lowest BCUT2D eigenvalue weighted by molar-refractivity contribution is -0.123. The number of ether oxygens (including phenoxy) is 1. The Labute approximate surface area is 138 Å². The van der Waals surface area contributed by atoms with Gasteiger partial charge in [-0.3, -0.25) is 9.59 Å². The van der Waals surface area contributed by atoms with Crippen molar-refractivity contribution in [2.45, 2.75) is 12.8 Å². The van der Waals surface area contributed by atoms with Crippen LogP contribution in [0.15, 0.2) is 33.5 Å². The molecule has 1 aliphatic heterocycles. The maximum atomic E-state index is 12.6. The van der Waals surface area contributed by atoms with Crippen LogP contribution in [0.1, 0.15) is 23.2 Å². The maximum Gasteiger partial charge on any atom is 0.349 e. The number of primary amides is 1. The summed E-state index contributed by atoms with van der Waals surface area (Å²) in [7, 11) is 1.52. The molecule has 0 aliphatic carbocycles. The molecule has 2 heterocycles. The van der Waals surface area contributed by atoms with Crippen molar-refractivity contribution in [3.8, 4) is 5.75 Å². The summed E-state index contributed by atoms with van der Waals surface area (Å²) in [6.07, 6.45) is 1.02. The van der Waals surface area contributed by atoms with E-state index in [1.54, 1.807) is 23.1 Å². The lowest BCUT2D eigenvalue weighted by Crippen LogP contribution is -2.42. The van der Waals surface area contributed by atoms with Gasteiger partial charge in [0.1, 0.15) is 16.9 Å². The van der Waals surface area contributed by atoms with Gasteiger partial charge in [0.2, 0.25) is 5.91 Å². The largest absolute Gasteiger partial charge is 0.497 e. The van der Waals surface area contributed by atoms with E-state index in [1.807, 2.05) is 0 Å². The fourth-order valence-electron chi connectivity index (χ4n) is 2.91. The number of piperidine rings is 1. The number of hydrogen-bond donors (Lipinski definition) is 1. The van der Waals surface area contributed by atoms with Gasteiger partial charge in [0.05, 0.1) is 7.11 Å². The minimum Gasteiger partial charge on any atom is -0.497 e. The van der Waals surface area contributed by atoms with Crippen LogP contribution in [0, 0.1) is 5.92 Å². The van der Waals surface area contributed by atoms with E-state index in [9.17, 15) is 14.4 Å². The fraction of sp³-hybridized carbons (Fsp3) is 0.353. The van der Waals surface area contributed by atoms with Gasteiger partial charge in [-0.15, -0.1) is 0 Å². The molecule has 0 radical (unpaired) electrons. The van der Waals surface area contributed by atoms with Gasteiger partial charge in [0.15, 0.2) is 0 Å². The van der Waals surface area contributed by atoms with Crippen LogP contribution in [-0.4, -0.2) is 36.9 Å². The molecular weight excluding hydrogens is 312 g/mol. The van der Waals surface area contributed by atoms with Crippen molar-refractivity contribution in [3.05, 3.63) is 40.2 Å². The molecule has 1 fully saturated rings. The molecule has 0 saturated carbocycles. The first-order valence-corrected chi connectivity index (χ1v) is 7.70. The first-order valence-electron chi connectivity index (χ1n) is 7.70. The highest BCUT2D eigenvalue weighted by atomic mass is 16.5. The maximum absolute atomic E-state index is 12.6. The Bertz CT molecular complexity index is 850. The lowest BCUT2D eigenvalue weighted by atomic mass is 9.96. The molecular formula is C17H18N2O5. The van der Waals surface area contributed by atoms with Crippen molar-refractivity contribution < 1.29 is 18.7 Å². The number of hydrogen-bond acceptors (Lipinski definition) is 5. The van der Waals surface area contributed by atoms with E-state index in [0.29, 0.717) is 42.6 Å². The summed E-state index contributed by atoms with van der Waals surface area (Å²) >= 11 is 0. The van der Waals surface area contributed by atoms with Gasteiger partial charge in [-0.05, 0) is 31.0 Å².